The van der Waals surface area contributed by atoms with Crippen LogP contribution in [-0.4, -0.2) is 26.2 Å². The van der Waals surface area contributed by atoms with Gasteiger partial charge in [-0.25, -0.2) is 4.79 Å². The van der Waals surface area contributed by atoms with Crippen molar-refractivity contribution in [2.75, 3.05) is 11.5 Å². The third-order valence-corrected chi connectivity index (χ3v) is 4.31. The van der Waals surface area contributed by atoms with Crippen LogP contribution in [0.3, 0.4) is 0 Å². The van der Waals surface area contributed by atoms with E-state index in [1.807, 2.05) is 19.9 Å². The molecule has 5 nitrogen and oxygen atoms in total. The van der Waals surface area contributed by atoms with Gasteiger partial charge in [-0.2, -0.15) is 11.8 Å². The highest BCUT2D eigenvalue weighted by Gasteiger charge is 2.19. The van der Waals surface area contributed by atoms with Crippen LogP contribution in [0.1, 0.15) is 19.9 Å². The van der Waals surface area contributed by atoms with Gasteiger partial charge in [0, 0.05) is 11.8 Å². The molecule has 0 radical (unpaired) electrons. The van der Waals surface area contributed by atoms with Crippen LogP contribution in [-0.2, 0) is 0 Å². The summed E-state index contributed by atoms with van der Waals surface area (Å²) in [6.07, 6.45) is 0. The molecule has 2 N–H and O–H groups in total. The van der Waals surface area contributed by atoms with Crippen molar-refractivity contribution in [3.63, 3.8) is 0 Å². The second kappa shape index (κ2) is 6.67. The first-order valence-electron chi connectivity index (χ1n) is 6.77. The number of aromatic amines is 1. The Hall–Kier alpha value is -1.95. The number of aromatic hydroxyl groups is 1. The van der Waals surface area contributed by atoms with Gasteiger partial charge in [-0.3, -0.25) is 14.3 Å². The van der Waals surface area contributed by atoms with Crippen LogP contribution in [0.2, 0.25) is 0 Å². The number of hydrogen-bond donors (Lipinski definition) is 2. The van der Waals surface area contributed by atoms with E-state index >= 15 is 0 Å². The van der Waals surface area contributed by atoms with Crippen molar-refractivity contribution in [3.8, 4) is 17.0 Å². The topological polar surface area (TPSA) is 75.1 Å². The molecule has 1 atom stereocenters. The van der Waals surface area contributed by atoms with E-state index in [0.29, 0.717) is 11.3 Å². The van der Waals surface area contributed by atoms with Gasteiger partial charge in [-0.05, 0) is 18.2 Å². The molecule has 0 aliphatic carbocycles. The van der Waals surface area contributed by atoms with Crippen LogP contribution < -0.4 is 11.2 Å². The van der Waals surface area contributed by atoms with Gasteiger partial charge in [-0.15, -0.1) is 0 Å². The zero-order valence-electron chi connectivity index (χ0n) is 12.0. The Morgan fingerprint density at radius 3 is 2.57 bits per heavy atom. The van der Waals surface area contributed by atoms with E-state index in [4.69, 9.17) is 0 Å². The second-order valence-corrected chi connectivity index (χ2v) is 6.02. The van der Waals surface area contributed by atoms with E-state index in [0.717, 1.165) is 5.75 Å². The Bertz CT molecular complexity index is 722. The van der Waals surface area contributed by atoms with Gasteiger partial charge in [0.1, 0.15) is 5.56 Å². The Morgan fingerprint density at radius 1 is 1.29 bits per heavy atom. The molecule has 0 aliphatic rings. The molecule has 21 heavy (non-hydrogen) atoms. The van der Waals surface area contributed by atoms with Gasteiger partial charge in [0.05, 0.1) is 0 Å². The summed E-state index contributed by atoms with van der Waals surface area (Å²) in [5.41, 5.74) is -0.444. The normalized spacial score (nSPS) is 12.3. The minimum atomic E-state index is -0.582. The van der Waals surface area contributed by atoms with Crippen molar-refractivity contribution in [2.24, 2.45) is 0 Å². The number of benzene rings is 1. The molecule has 0 saturated carbocycles. The summed E-state index contributed by atoms with van der Waals surface area (Å²) < 4.78 is 1.24. The molecular weight excluding hydrogens is 288 g/mol. The van der Waals surface area contributed by atoms with E-state index in [-0.39, 0.29) is 17.5 Å². The Kier molecular flexibility index (Phi) is 4.90. The molecule has 0 saturated heterocycles. The van der Waals surface area contributed by atoms with Gasteiger partial charge in [0.15, 0.2) is 0 Å². The molecule has 1 aromatic heterocycles. The van der Waals surface area contributed by atoms with E-state index < -0.39 is 11.2 Å². The molecule has 2 rings (SSSR count). The number of aromatic nitrogens is 2. The van der Waals surface area contributed by atoms with Crippen LogP contribution >= 0.6 is 11.8 Å². The number of nitrogens with zero attached hydrogens (tertiary/aromatic N) is 1. The van der Waals surface area contributed by atoms with Crippen LogP contribution in [0.15, 0.2) is 39.9 Å². The fraction of sp³-hybridized carbons (Fsp3) is 0.333. The van der Waals surface area contributed by atoms with Crippen LogP contribution in [0.25, 0.3) is 11.1 Å². The molecule has 1 unspecified atom stereocenters. The lowest BCUT2D eigenvalue weighted by Crippen LogP contribution is -2.33. The Morgan fingerprint density at radius 2 is 1.95 bits per heavy atom. The summed E-state index contributed by atoms with van der Waals surface area (Å²) in [7, 11) is 0. The fourth-order valence-electron chi connectivity index (χ4n) is 2.17. The number of H-pyrrole nitrogens is 1. The van der Waals surface area contributed by atoms with Gasteiger partial charge in [0.2, 0.25) is 5.88 Å². The molecule has 1 heterocycles. The summed E-state index contributed by atoms with van der Waals surface area (Å²) in [4.78, 5) is 26.3. The SMILES string of the molecule is CCSCC(C)n1c(O)c(-c2ccccc2)c(=O)[nH]c1=O. The van der Waals surface area contributed by atoms with Crippen molar-refractivity contribution >= 4 is 11.8 Å². The minimum Gasteiger partial charge on any atom is -0.494 e. The Balaban J connectivity index is 2.59. The first kappa shape index (κ1) is 15.4. The third-order valence-electron chi connectivity index (χ3n) is 3.18. The van der Waals surface area contributed by atoms with Crippen LogP contribution in [0.4, 0.5) is 0 Å². The molecule has 1 aromatic carbocycles. The number of thioether (sulfide) groups is 1. The molecule has 0 bridgehead atoms. The Labute approximate surface area is 126 Å². The van der Waals surface area contributed by atoms with E-state index in [1.54, 1.807) is 36.0 Å². The monoisotopic (exact) mass is 306 g/mol. The third kappa shape index (κ3) is 3.21. The van der Waals surface area contributed by atoms with Gasteiger partial charge >= 0.3 is 5.69 Å². The summed E-state index contributed by atoms with van der Waals surface area (Å²) in [5.74, 6) is 1.33. The average molecular weight is 306 g/mol. The molecule has 0 spiro atoms. The number of rotatable bonds is 5. The van der Waals surface area contributed by atoms with Gasteiger partial charge in [0.25, 0.3) is 5.56 Å². The summed E-state index contributed by atoms with van der Waals surface area (Å²) in [6, 6.07) is 8.63. The highest BCUT2D eigenvalue weighted by atomic mass is 32.2. The minimum absolute atomic E-state index is 0.128. The van der Waals surface area contributed by atoms with Gasteiger partial charge in [-0.1, -0.05) is 37.3 Å². The zero-order chi connectivity index (χ0) is 15.4. The molecule has 6 heteroatoms. The summed E-state index contributed by atoms with van der Waals surface area (Å²) in [5, 5.41) is 10.4. The van der Waals surface area contributed by atoms with Crippen molar-refractivity contribution in [1.82, 2.24) is 9.55 Å². The maximum absolute atomic E-state index is 12.0. The first-order valence-corrected chi connectivity index (χ1v) is 7.92. The predicted octanol–water partition coefficient (Wildman–Crippen LogP) is 2.22. The highest BCUT2D eigenvalue weighted by molar-refractivity contribution is 7.99. The standard InChI is InChI=1S/C15H18N2O3S/c1-3-21-9-10(2)17-14(19)12(13(18)16-15(17)20)11-7-5-4-6-8-11/h4-8,10,19H,3,9H2,1-2H3,(H,16,18,20). The van der Waals surface area contributed by atoms with Crippen molar-refractivity contribution in [3.05, 3.63) is 51.2 Å². The van der Waals surface area contributed by atoms with E-state index in [9.17, 15) is 14.7 Å². The molecule has 0 fully saturated rings. The lowest BCUT2D eigenvalue weighted by atomic mass is 10.1. The second-order valence-electron chi connectivity index (χ2n) is 4.70. The molecule has 112 valence electrons. The van der Waals surface area contributed by atoms with Crippen molar-refractivity contribution in [2.45, 2.75) is 19.9 Å². The number of nitrogens with one attached hydrogen (secondary N) is 1. The fourth-order valence-corrected chi connectivity index (χ4v) is 2.90. The zero-order valence-corrected chi connectivity index (χ0v) is 12.8. The summed E-state index contributed by atoms with van der Waals surface area (Å²) >= 11 is 1.67. The molecule has 2 aromatic rings. The summed E-state index contributed by atoms with van der Waals surface area (Å²) in [6.45, 7) is 3.87. The first-order chi connectivity index (χ1) is 10.1. The molecule has 0 amide bonds. The maximum atomic E-state index is 12.0. The molecular formula is C15H18N2O3S. The highest BCUT2D eigenvalue weighted by Crippen LogP contribution is 2.26. The van der Waals surface area contributed by atoms with E-state index in [2.05, 4.69) is 4.98 Å². The maximum Gasteiger partial charge on any atom is 0.331 e. The predicted molar refractivity (Wildman–Crippen MR) is 86.1 cm³/mol. The van der Waals surface area contributed by atoms with Crippen LogP contribution in [0.5, 0.6) is 5.88 Å². The van der Waals surface area contributed by atoms with Gasteiger partial charge < -0.3 is 5.11 Å². The van der Waals surface area contributed by atoms with Crippen molar-refractivity contribution < 1.29 is 5.11 Å². The largest absolute Gasteiger partial charge is 0.494 e. The molecule has 0 aliphatic heterocycles. The lowest BCUT2D eigenvalue weighted by molar-refractivity contribution is 0.386. The average Bonchev–Trinajstić information content (AvgIpc) is 2.45. The lowest BCUT2D eigenvalue weighted by Gasteiger charge is -2.17. The number of hydrogen-bond acceptors (Lipinski definition) is 4. The van der Waals surface area contributed by atoms with Crippen LogP contribution in [0, 0.1) is 0 Å². The van der Waals surface area contributed by atoms with E-state index in [1.165, 1.54) is 4.57 Å². The van der Waals surface area contributed by atoms with Crippen molar-refractivity contribution in [1.29, 1.82) is 0 Å². The quantitative estimate of drug-likeness (QED) is 0.888. The smallest absolute Gasteiger partial charge is 0.331 e.